The Morgan fingerprint density at radius 1 is 1.05 bits per heavy atom. The quantitative estimate of drug-likeness (QED) is 0.853. The maximum atomic E-state index is 11.9. The Morgan fingerprint density at radius 2 is 1.67 bits per heavy atom. The number of thioether (sulfide) groups is 1. The normalized spacial score (nSPS) is 10.2. The predicted molar refractivity (Wildman–Crippen MR) is 91.3 cm³/mol. The van der Waals surface area contributed by atoms with Crippen LogP contribution in [0.5, 0.6) is 0 Å². The summed E-state index contributed by atoms with van der Waals surface area (Å²) < 4.78 is 0. The monoisotopic (exact) mass is 300 g/mol. The Labute approximate surface area is 130 Å². The van der Waals surface area contributed by atoms with Gasteiger partial charge in [-0.05, 0) is 43.3 Å². The van der Waals surface area contributed by atoms with E-state index in [1.165, 1.54) is 5.56 Å². The standard InChI is InChI=1S/C17H20N2OS/c1-13-4-10-16(11-5-13)21-12-17(20)18-14-6-8-15(9-7-14)19(2)3/h4-11H,12H2,1-3H3,(H,18,20). The number of hydrogen-bond donors (Lipinski definition) is 1. The summed E-state index contributed by atoms with van der Waals surface area (Å²) in [6.07, 6.45) is 0. The number of anilines is 2. The van der Waals surface area contributed by atoms with Crippen LogP contribution in [0, 0.1) is 6.92 Å². The van der Waals surface area contributed by atoms with Gasteiger partial charge in [-0.2, -0.15) is 0 Å². The van der Waals surface area contributed by atoms with E-state index in [-0.39, 0.29) is 5.91 Å². The minimum absolute atomic E-state index is 0.0122. The lowest BCUT2D eigenvalue weighted by Gasteiger charge is -2.13. The van der Waals surface area contributed by atoms with Crippen molar-refractivity contribution in [1.29, 1.82) is 0 Å². The van der Waals surface area contributed by atoms with E-state index in [4.69, 9.17) is 0 Å². The average molecular weight is 300 g/mol. The van der Waals surface area contributed by atoms with Crippen LogP contribution >= 0.6 is 11.8 Å². The Hall–Kier alpha value is -1.94. The largest absolute Gasteiger partial charge is 0.378 e. The van der Waals surface area contributed by atoms with Gasteiger partial charge < -0.3 is 10.2 Å². The van der Waals surface area contributed by atoms with Gasteiger partial charge in [-0.1, -0.05) is 17.7 Å². The van der Waals surface area contributed by atoms with Gasteiger partial charge in [-0.15, -0.1) is 11.8 Å². The lowest BCUT2D eigenvalue weighted by Crippen LogP contribution is -2.14. The molecule has 2 aromatic carbocycles. The van der Waals surface area contributed by atoms with Crippen molar-refractivity contribution < 1.29 is 4.79 Å². The van der Waals surface area contributed by atoms with E-state index >= 15 is 0 Å². The van der Waals surface area contributed by atoms with E-state index < -0.39 is 0 Å². The van der Waals surface area contributed by atoms with Gasteiger partial charge in [-0.25, -0.2) is 0 Å². The molecule has 4 heteroatoms. The summed E-state index contributed by atoms with van der Waals surface area (Å²) in [5.74, 6) is 0.427. The third kappa shape index (κ3) is 4.83. The highest BCUT2D eigenvalue weighted by Crippen LogP contribution is 2.19. The fourth-order valence-corrected chi connectivity index (χ4v) is 2.52. The Kier molecular flexibility index (Phi) is 5.28. The number of nitrogens with one attached hydrogen (secondary N) is 1. The van der Waals surface area contributed by atoms with Crippen molar-refractivity contribution >= 4 is 29.0 Å². The van der Waals surface area contributed by atoms with Crippen molar-refractivity contribution in [3.05, 3.63) is 54.1 Å². The fourth-order valence-electron chi connectivity index (χ4n) is 1.82. The molecule has 0 heterocycles. The molecule has 0 saturated heterocycles. The van der Waals surface area contributed by atoms with Crippen LogP contribution in [0.2, 0.25) is 0 Å². The summed E-state index contributed by atoms with van der Waals surface area (Å²) in [6.45, 7) is 2.05. The van der Waals surface area contributed by atoms with Gasteiger partial charge in [0.05, 0.1) is 5.75 Å². The summed E-state index contributed by atoms with van der Waals surface area (Å²) in [7, 11) is 3.98. The number of aryl methyl sites for hydroxylation is 1. The van der Waals surface area contributed by atoms with Crippen LogP contribution < -0.4 is 10.2 Å². The Balaban J connectivity index is 1.85. The van der Waals surface area contributed by atoms with Gasteiger partial charge in [0.25, 0.3) is 0 Å². The smallest absolute Gasteiger partial charge is 0.234 e. The summed E-state index contributed by atoms with van der Waals surface area (Å²) in [5.41, 5.74) is 3.17. The minimum Gasteiger partial charge on any atom is -0.378 e. The Bertz CT molecular complexity index is 591. The van der Waals surface area contributed by atoms with Crippen LogP contribution in [0.4, 0.5) is 11.4 Å². The summed E-state index contributed by atoms with van der Waals surface area (Å²) in [4.78, 5) is 15.1. The second-order valence-electron chi connectivity index (χ2n) is 5.09. The number of carbonyl (C=O) groups excluding carboxylic acids is 1. The van der Waals surface area contributed by atoms with Crippen molar-refractivity contribution in [3.63, 3.8) is 0 Å². The number of amides is 1. The molecule has 1 amide bonds. The second kappa shape index (κ2) is 7.18. The van der Waals surface area contributed by atoms with E-state index in [0.717, 1.165) is 16.3 Å². The topological polar surface area (TPSA) is 32.3 Å². The zero-order chi connectivity index (χ0) is 15.2. The molecule has 0 saturated carbocycles. The van der Waals surface area contributed by atoms with E-state index in [2.05, 4.69) is 24.4 Å². The van der Waals surface area contributed by atoms with Crippen LogP contribution in [0.3, 0.4) is 0 Å². The van der Waals surface area contributed by atoms with Crippen molar-refractivity contribution in [3.8, 4) is 0 Å². The molecule has 0 radical (unpaired) electrons. The molecule has 0 aromatic heterocycles. The van der Waals surface area contributed by atoms with Crippen molar-refractivity contribution in [1.82, 2.24) is 0 Å². The first-order chi connectivity index (χ1) is 10.0. The molecule has 21 heavy (non-hydrogen) atoms. The first-order valence-corrected chi connectivity index (χ1v) is 7.80. The predicted octanol–water partition coefficient (Wildman–Crippen LogP) is 3.79. The van der Waals surface area contributed by atoms with Gasteiger partial charge >= 0.3 is 0 Å². The van der Waals surface area contributed by atoms with E-state index in [1.807, 2.05) is 55.4 Å². The molecule has 0 aliphatic carbocycles. The number of hydrogen-bond acceptors (Lipinski definition) is 3. The highest BCUT2D eigenvalue weighted by molar-refractivity contribution is 8.00. The molecular weight excluding hydrogens is 280 g/mol. The number of carbonyl (C=O) groups is 1. The molecule has 0 fully saturated rings. The molecule has 0 spiro atoms. The molecular formula is C17H20N2OS. The third-order valence-electron chi connectivity index (χ3n) is 3.06. The van der Waals surface area contributed by atoms with Crippen molar-refractivity contribution in [2.75, 3.05) is 30.1 Å². The first-order valence-electron chi connectivity index (χ1n) is 6.81. The number of rotatable bonds is 5. The molecule has 1 N–H and O–H groups in total. The van der Waals surface area contributed by atoms with Crippen molar-refractivity contribution in [2.45, 2.75) is 11.8 Å². The first kappa shape index (κ1) is 15.4. The van der Waals surface area contributed by atoms with Crippen molar-refractivity contribution in [2.24, 2.45) is 0 Å². The fraction of sp³-hybridized carbons (Fsp3) is 0.235. The zero-order valence-corrected chi connectivity index (χ0v) is 13.4. The summed E-state index contributed by atoms with van der Waals surface area (Å²) >= 11 is 1.54. The van der Waals surface area contributed by atoms with E-state index in [9.17, 15) is 4.79 Å². The van der Waals surface area contributed by atoms with Crippen LogP contribution in [0.15, 0.2) is 53.4 Å². The number of nitrogens with zero attached hydrogens (tertiary/aromatic N) is 1. The Morgan fingerprint density at radius 3 is 2.24 bits per heavy atom. The van der Waals surface area contributed by atoms with Gasteiger partial charge in [0, 0.05) is 30.4 Å². The molecule has 2 rings (SSSR count). The molecule has 0 atom stereocenters. The lowest BCUT2D eigenvalue weighted by molar-refractivity contribution is -0.113. The summed E-state index contributed by atoms with van der Waals surface area (Å²) in [6, 6.07) is 16.0. The summed E-state index contributed by atoms with van der Waals surface area (Å²) in [5, 5.41) is 2.91. The van der Waals surface area contributed by atoms with Gasteiger partial charge in [0.2, 0.25) is 5.91 Å². The van der Waals surface area contributed by atoms with E-state index in [0.29, 0.717) is 5.75 Å². The van der Waals surface area contributed by atoms with Gasteiger partial charge in [0.1, 0.15) is 0 Å². The molecule has 110 valence electrons. The average Bonchev–Trinajstić information content (AvgIpc) is 2.47. The van der Waals surface area contributed by atoms with Crippen LogP contribution in [0.25, 0.3) is 0 Å². The molecule has 0 aliphatic heterocycles. The van der Waals surface area contributed by atoms with Gasteiger partial charge in [0.15, 0.2) is 0 Å². The maximum Gasteiger partial charge on any atom is 0.234 e. The van der Waals surface area contributed by atoms with Gasteiger partial charge in [-0.3, -0.25) is 4.79 Å². The van der Waals surface area contributed by atoms with Crippen LogP contribution in [-0.2, 0) is 4.79 Å². The second-order valence-corrected chi connectivity index (χ2v) is 6.14. The zero-order valence-electron chi connectivity index (χ0n) is 12.6. The van der Waals surface area contributed by atoms with E-state index in [1.54, 1.807) is 11.8 Å². The molecule has 0 unspecified atom stereocenters. The lowest BCUT2D eigenvalue weighted by atomic mass is 10.2. The number of benzene rings is 2. The van der Waals surface area contributed by atoms with Crippen LogP contribution in [-0.4, -0.2) is 25.8 Å². The van der Waals surface area contributed by atoms with Crippen LogP contribution in [0.1, 0.15) is 5.56 Å². The minimum atomic E-state index is 0.0122. The highest BCUT2D eigenvalue weighted by atomic mass is 32.2. The molecule has 3 nitrogen and oxygen atoms in total. The SMILES string of the molecule is Cc1ccc(SCC(=O)Nc2ccc(N(C)C)cc2)cc1. The molecule has 0 bridgehead atoms. The molecule has 0 aliphatic rings. The molecule has 2 aromatic rings. The third-order valence-corrected chi connectivity index (χ3v) is 4.07. The highest BCUT2D eigenvalue weighted by Gasteiger charge is 2.04. The maximum absolute atomic E-state index is 11.9.